The van der Waals surface area contributed by atoms with Crippen LogP contribution in [0.15, 0.2) is 72.8 Å². The fraction of sp³-hybridized carbons (Fsp3) is 0.0952. The standard InChI is InChI=1S/C21H18N2O6/c1-22(21(24)25)20-13-18(11-12-19(20)23(26)27)29-17-9-7-16(8-10-17)28-14-15-5-3-2-4-6-15/h2-13H,14H2,1H3,(H,24,25). The maximum Gasteiger partial charge on any atom is 0.411 e. The normalized spacial score (nSPS) is 10.2. The largest absolute Gasteiger partial charge is 0.489 e. The highest BCUT2D eigenvalue weighted by Gasteiger charge is 2.22. The Bertz CT molecular complexity index is 1010. The first-order valence-corrected chi connectivity index (χ1v) is 8.64. The Morgan fingerprint density at radius 1 is 1.00 bits per heavy atom. The van der Waals surface area contributed by atoms with E-state index in [1.165, 1.54) is 25.2 Å². The van der Waals surface area contributed by atoms with Gasteiger partial charge >= 0.3 is 6.09 Å². The minimum atomic E-state index is -1.31. The fourth-order valence-electron chi connectivity index (χ4n) is 2.57. The molecule has 0 spiro atoms. The topological polar surface area (TPSA) is 102 Å². The van der Waals surface area contributed by atoms with Gasteiger partial charge in [-0.2, -0.15) is 0 Å². The van der Waals surface area contributed by atoms with E-state index in [1.54, 1.807) is 24.3 Å². The highest BCUT2D eigenvalue weighted by atomic mass is 16.6. The maximum absolute atomic E-state index is 11.2. The number of nitrogens with zero attached hydrogens (tertiary/aromatic N) is 2. The number of hydrogen-bond donors (Lipinski definition) is 1. The quantitative estimate of drug-likeness (QED) is 0.443. The highest BCUT2D eigenvalue weighted by Crippen LogP contribution is 2.34. The van der Waals surface area contributed by atoms with E-state index in [4.69, 9.17) is 14.6 Å². The van der Waals surface area contributed by atoms with Gasteiger partial charge in [-0.1, -0.05) is 30.3 Å². The molecule has 8 heteroatoms. The molecule has 0 atom stereocenters. The van der Waals surface area contributed by atoms with Crippen molar-refractivity contribution in [3.63, 3.8) is 0 Å². The second-order valence-electron chi connectivity index (χ2n) is 6.10. The number of anilines is 1. The van der Waals surface area contributed by atoms with Crippen molar-refractivity contribution in [1.29, 1.82) is 0 Å². The van der Waals surface area contributed by atoms with Gasteiger partial charge in [0.05, 0.1) is 4.92 Å². The van der Waals surface area contributed by atoms with E-state index < -0.39 is 11.0 Å². The number of amides is 1. The van der Waals surface area contributed by atoms with Crippen molar-refractivity contribution in [2.75, 3.05) is 11.9 Å². The Balaban J connectivity index is 1.71. The Morgan fingerprint density at radius 2 is 1.62 bits per heavy atom. The van der Waals surface area contributed by atoms with Crippen LogP contribution in [0.2, 0.25) is 0 Å². The maximum atomic E-state index is 11.2. The zero-order valence-corrected chi connectivity index (χ0v) is 15.5. The van der Waals surface area contributed by atoms with Crippen molar-refractivity contribution in [2.45, 2.75) is 6.61 Å². The zero-order chi connectivity index (χ0) is 20.8. The van der Waals surface area contributed by atoms with Gasteiger partial charge in [-0.25, -0.2) is 4.79 Å². The smallest absolute Gasteiger partial charge is 0.411 e. The summed E-state index contributed by atoms with van der Waals surface area (Å²) in [5.74, 6) is 1.42. The van der Waals surface area contributed by atoms with Crippen LogP contribution in [-0.2, 0) is 6.61 Å². The number of carbonyl (C=O) groups is 1. The molecule has 148 valence electrons. The number of nitro benzene ring substituents is 1. The third-order valence-electron chi connectivity index (χ3n) is 4.10. The van der Waals surface area contributed by atoms with Crippen molar-refractivity contribution in [3.05, 3.63) is 88.5 Å². The summed E-state index contributed by atoms with van der Waals surface area (Å²) in [6.07, 6.45) is -1.31. The van der Waals surface area contributed by atoms with Gasteiger partial charge < -0.3 is 14.6 Å². The molecule has 1 N–H and O–H groups in total. The Kier molecular flexibility index (Phi) is 5.94. The summed E-state index contributed by atoms with van der Waals surface area (Å²) in [4.78, 5) is 22.5. The van der Waals surface area contributed by atoms with E-state index in [-0.39, 0.29) is 17.1 Å². The first-order valence-electron chi connectivity index (χ1n) is 8.64. The van der Waals surface area contributed by atoms with Gasteiger partial charge in [0.1, 0.15) is 29.5 Å². The number of carboxylic acid groups (broad SMARTS) is 1. The monoisotopic (exact) mass is 394 g/mol. The average Bonchev–Trinajstić information content (AvgIpc) is 2.73. The molecule has 29 heavy (non-hydrogen) atoms. The van der Waals surface area contributed by atoms with Gasteiger partial charge in [-0.3, -0.25) is 15.0 Å². The molecule has 3 aromatic rings. The Hall–Kier alpha value is -4.07. The minimum Gasteiger partial charge on any atom is -0.489 e. The van der Waals surface area contributed by atoms with Crippen LogP contribution in [0.4, 0.5) is 16.2 Å². The van der Waals surface area contributed by atoms with E-state index in [2.05, 4.69) is 0 Å². The van der Waals surface area contributed by atoms with Gasteiger partial charge in [0.2, 0.25) is 0 Å². The van der Waals surface area contributed by atoms with E-state index in [1.807, 2.05) is 30.3 Å². The van der Waals surface area contributed by atoms with Crippen molar-refractivity contribution in [3.8, 4) is 17.2 Å². The lowest BCUT2D eigenvalue weighted by atomic mass is 10.2. The molecule has 0 radical (unpaired) electrons. The van der Waals surface area contributed by atoms with Crippen LogP contribution in [0.3, 0.4) is 0 Å². The molecule has 0 aromatic heterocycles. The third-order valence-corrected chi connectivity index (χ3v) is 4.10. The van der Waals surface area contributed by atoms with Crippen molar-refractivity contribution in [1.82, 2.24) is 0 Å². The SMILES string of the molecule is CN(C(=O)O)c1cc(Oc2ccc(OCc3ccccc3)cc2)ccc1[N+](=O)[O-]. The molecule has 8 nitrogen and oxygen atoms in total. The summed E-state index contributed by atoms with van der Waals surface area (Å²) in [5, 5.41) is 20.3. The second kappa shape index (κ2) is 8.75. The molecule has 0 aliphatic carbocycles. The Labute approximate surface area is 166 Å². The van der Waals surface area contributed by atoms with Gasteiger partial charge in [0, 0.05) is 19.2 Å². The van der Waals surface area contributed by atoms with Crippen LogP contribution in [0.1, 0.15) is 5.56 Å². The summed E-state index contributed by atoms with van der Waals surface area (Å²) in [6.45, 7) is 0.439. The van der Waals surface area contributed by atoms with Crippen LogP contribution in [0.5, 0.6) is 17.2 Å². The van der Waals surface area contributed by atoms with Crippen molar-refractivity contribution >= 4 is 17.5 Å². The molecule has 0 fully saturated rings. The van der Waals surface area contributed by atoms with Gasteiger partial charge in [0.15, 0.2) is 0 Å². The molecule has 0 heterocycles. The molecular weight excluding hydrogens is 376 g/mol. The number of benzene rings is 3. The Morgan fingerprint density at radius 3 is 2.24 bits per heavy atom. The molecule has 3 aromatic carbocycles. The molecule has 0 unspecified atom stereocenters. The third kappa shape index (κ3) is 5.01. The molecule has 0 saturated carbocycles. The number of hydrogen-bond acceptors (Lipinski definition) is 5. The van der Waals surface area contributed by atoms with Crippen molar-refractivity contribution < 1.29 is 24.3 Å². The number of nitro groups is 1. The molecule has 0 saturated heterocycles. The van der Waals surface area contributed by atoms with E-state index in [9.17, 15) is 14.9 Å². The first kappa shape index (κ1) is 19.7. The summed E-state index contributed by atoms with van der Waals surface area (Å²) < 4.78 is 11.4. The predicted octanol–water partition coefficient (Wildman–Crippen LogP) is 5.08. The molecular formula is C21H18N2O6. The summed E-state index contributed by atoms with van der Waals surface area (Å²) in [5.41, 5.74) is 0.642. The van der Waals surface area contributed by atoms with Crippen molar-refractivity contribution in [2.24, 2.45) is 0 Å². The van der Waals surface area contributed by atoms with E-state index in [0.717, 1.165) is 10.5 Å². The predicted molar refractivity (Wildman–Crippen MR) is 107 cm³/mol. The van der Waals surface area contributed by atoms with Crippen LogP contribution in [0.25, 0.3) is 0 Å². The lowest BCUT2D eigenvalue weighted by molar-refractivity contribution is -0.384. The first-order chi connectivity index (χ1) is 13.9. The molecule has 3 rings (SSSR count). The second-order valence-corrected chi connectivity index (χ2v) is 6.10. The molecule has 0 aliphatic heterocycles. The van der Waals surface area contributed by atoms with Gasteiger partial charge in [-0.05, 0) is 35.9 Å². The van der Waals surface area contributed by atoms with Crippen LogP contribution in [-0.4, -0.2) is 23.2 Å². The van der Waals surface area contributed by atoms with Gasteiger partial charge in [0.25, 0.3) is 5.69 Å². The average molecular weight is 394 g/mol. The lowest BCUT2D eigenvalue weighted by Gasteiger charge is -2.15. The fourth-order valence-corrected chi connectivity index (χ4v) is 2.57. The van der Waals surface area contributed by atoms with Crippen LogP contribution in [0, 0.1) is 10.1 Å². The van der Waals surface area contributed by atoms with E-state index in [0.29, 0.717) is 18.1 Å². The summed E-state index contributed by atoms with van der Waals surface area (Å²) in [7, 11) is 1.23. The zero-order valence-electron chi connectivity index (χ0n) is 15.5. The van der Waals surface area contributed by atoms with Crippen LogP contribution < -0.4 is 14.4 Å². The molecule has 0 bridgehead atoms. The van der Waals surface area contributed by atoms with E-state index >= 15 is 0 Å². The summed E-state index contributed by atoms with van der Waals surface area (Å²) in [6, 6.07) is 20.6. The van der Waals surface area contributed by atoms with Crippen LogP contribution >= 0.6 is 0 Å². The molecule has 0 aliphatic rings. The minimum absolute atomic E-state index is 0.0807. The highest BCUT2D eigenvalue weighted by molar-refractivity contribution is 5.89. The lowest BCUT2D eigenvalue weighted by Crippen LogP contribution is -2.24. The summed E-state index contributed by atoms with van der Waals surface area (Å²) >= 11 is 0. The number of ether oxygens (including phenoxy) is 2. The van der Waals surface area contributed by atoms with Gasteiger partial charge in [-0.15, -0.1) is 0 Å². The molecule has 1 amide bonds. The number of rotatable bonds is 7.